The minimum atomic E-state index is -0.196. The molecule has 1 amide bonds. The molecule has 0 bridgehead atoms. The Morgan fingerprint density at radius 2 is 2.12 bits per heavy atom. The summed E-state index contributed by atoms with van der Waals surface area (Å²) in [7, 11) is 0. The van der Waals surface area contributed by atoms with Crippen molar-refractivity contribution in [2.75, 3.05) is 11.1 Å². The first-order chi connectivity index (χ1) is 16.5. The maximum absolute atomic E-state index is 13.4. The van der Waals surface area contributed by atoms with Crippen LogP contribution in [0, 0.1) is 17.2 Å². The quantitative estimate of drug-likeness (QED) is 0.276. The Kier molecular flexibility index (Phi) is 6.65. The van der Waals surface area contributed by atoms with Crippen molar-refractivity contribution in [3.05, 3.63) is 49.5 Å². The van der Waals surface area contributed by atoms with Gasteiger partial charge < -0.3 is 5.32 Å². The van der Waals surface area contributed by atoms with Gasteiger partial charge in [0, 0.05) is 16.3 Å². The highest BCUT2D eigenvalue weighted by Crippen LogP contribution is 2.39. The number of aromatic nitrogens is 2. The Morgan fingerprint density at radius 3 is 2.91 bits per heavy atom. The molecule has 34 heavy (non-hydrogen) atoms. The van der Waals surface area contributed by atoms with Crippen LogP contribution in [-0.4, -0.2) is 21.2 Å². The first-order valence-corrected chi connectivity index (χ1v) is 14.2. The molecular formula is C25H26N4O2S3. The number of nitriles is 1. The third kappa shape index (κ3) is 4.23. The van der Waals surface area contributed by atoms with Gasteiger partial charge in [-0.25, -0.2) is 4.98 Å². The number of aryl methyl sites for hydroxylation is 2. The van der Waals surface area contributed by atoms with Gasteiger partial charge in [-0.05, 0) is 62.0 Å². The number of carbonyl (C=O) groups excluding carboxylic acids is 1. The third-order valence-electron chi connectivity index (χ3n) is 6.56. The lowest BCUT2D eigenvalue weighted by Crippen LogP contribution is -2.24. The van der Waals surface area contributed by atoms with Gasteiger partial charge in [0.2, 0.25) is 5.91 Å². The van der Waals surface area contributed by atoms with E-state index >= 15 is 0 Å². The molecule has 0 aromatic carbocycles. The average Bonchev–Trinajstić information content (AvgIpc) is 3.36. The van der Waals surface area contributed by atoms with Crippen LogP contribution >= 0.6 is 34.4 Å². The number of allylic oxidation sites excluding steroid dienone is 1. The molecular weight excluding hydrogens is 485 g/mol. The van der Waals surface area contributed by atoms with E-state index in [9.17, 15) is 14.9 Å². The summed E-state index contributed by atoms with van der Waals surface area (Å²) in [6.07, 6.45) is 8.80. The van der Waals surface area contributed by atoms with Gasteiger partial charge in [0.05, 0.1) is 16.7 Å². The van der Waals surface area contributed by atoms with Crippen molar-refractivity contribution in [3.8, 4) is 6.07 Å². The molecule has 9 heteroatoms. The van der Waals surface area contributed by atoms with Crippen LogP contribution < -0.4 is 10.9 Å². The van der Waals surface area contributed by atoms with Crippen molar-refractivity contribution in [2.45, 2.75) is 63.6 Å². The normalized spacial score (nSPS) is 17.1. The lowest BCUT2D eigenvalue weighted by atomic mass is 9.89. The summed E-state index contributed by atoms with van der Waals surface area (Å²) < 4.78 is 1.63. The fraction of sp³-hybridized carbons (Fsp3) is 0.440. The van der Waals surface area contributed by atoms with Crippen LogP contribution in [0.25, 0.3) is 10.2 Å². The zero-order valence-corrected chi connectivity index (χ0v) is 21.6. The van der Waals surface area contributed by atoms with Gasteiger partial charge in [0.1, 0.15) is 15.9 Å². The predicted molar refractivity (Wildman–Crippen MR) is 140 cm³/mol. The molecule has 1 atom stereocenters. The van der Waals surface area contributed by atoms with Crippen LogP contribution in [0.4, 0.5) is 5.00 Å². The van der Waals surface area contributed by atoms with Crippen molar-refractivity contribution < 1.29 is 4.79 Å². The van der Waals surface area contributed by atoms with E-state index < -0.39 is 0 Å². The summed E-state index contributed by atoms with van der Waals surface area (Å²) in [5.74, 6) is 0.518. The molecule has 0 unspecified atom stereocenters. The van der Waals surface area contributed by atoms with Gasteiger partial charge in [0.25, 0.3) is 5.56 Å². The molecule has 0 saturated heterocycles. The molecule has 2 aliphatic carbocycles. The molecule has 3 aromatic heterocycles. The van der Waals surface area contributed by atoms with Crippen LogP contribution in [-0.2, 0) is 37.0 Å². The largest absolute Gasteiger partial charge is 0.316 e. The fourth-order valence-corrected chi connectivity index (χ4v) is 8.36. The molecule has 2 aliphatic rings. The van der Waals surface area contributed by atoms with E-state index in [4.69, 9.17) is 4.98 Å². The number of rotatable bonds is 6. The SMILES string of the molecule is C=CCn1c(SCC(=O)Nc2sc3c(c2C#N)CC[C@@H](C)C3)nc2sc3c(c2c1=O)CCCC3. The van der Waals surface area contributed by atoms with Crippen molar-refractivity contribution >= 4 is 55.6 Å². The molecule has 0 saturated carbocycles. The minimum absolute atomic E-state index is 0.0426. The number of nitrogens with one attached hydrogen (secondary N) is 1. The smallest absolute Gasteiger partial charge is 0.263 e. The number of hydrogen-bond acceptors (Lipinski definition) is 7. The second-order valence-corrected chi connectivity index (χ2v) is 12.1. The van der Waals surface area contributed by atoms with Crippen LogP contribution in [0.3, 0.4) is 0 Å². The number of nitrogens with zero attached hydrogens (tertiary/aromatic N) is 3. The van der Waals surface area contributed by atoms with Crippen molar-refractivity contribution in [1.82, 2.24) is 9.55 Å². The van der Waals surface area contributed by atoms with Crippen molar-refractivity contribution in [3.63, 3.8) is 0 Å². The van der Waals surface area contributed by atoms with Crippen LogP contribution in [0.15, 0.2) is 22.6 Å². The Hall–Kier alpha value is -2.41. The molecule has 5 rings (SSSR count). The molecule has 0 fully saturated rings. The predicted octanol–water partition coefficient (Wildman–Crippen LogP) is 5.31. The summed E-state index contributed by atoms with van der Waals surface area (Å²) in [6, 6.07) is 2.30. The van der Waals surface area contributed by atoms with Crippen LogP contribution in [0.5, 0.6) is 0 Å². The Labute approximate surface area is 210 Å². The summed E-state index contributed by atoms with van der Waals surface area (Å²) in [6.45, 7) is 6.37. The van der Waals surface area contributed by atoms with E-state index in [1.807, 2.05) is 0 Å². The van der Waals surface area contributed by atoms with Crippen molar-refractivity contribution in [1.29, 1.82) is 5.26 Å². The number of amides is 1. The molecule has 3 heterocycles. The molecule has 0 aliphatic heterocycles. The third-order valence-corrected chi connectivity index (χ3v) is 9.89. The van der Waals surface area contributed by atoms with Crippen LogP contribution in [0.1, 0.15) is 52.6 Å². The number of fused-ring (bicyclic) bond motifs is 4. The summed E-state index contributed by atoms with van der Waals surface area (Å²) in [5.41, 5.74) is 2.83. The zero-order chi connectivity index (χ0) is 23.8. The van der Waals surface area contributed by atoms with E-state index in [0.29, 0.717) is 28.2 Å². The average molecular weight is 511 g/mol. The second-order valence-electron chi connectivity index (χ2n) is 8.99. The van der Waals surface area contributed by atoms with Gasteiger partial charge in [0.15, 0.2) is 5.16 Å². The monoisotopic (exact) mass is 510 g/mol. The van der Waals surface area contributed by atoms with Crippen molar-refractivity contribution in [2.24, 2.45) is 5.92 Å². The van der Waals surface area contributed by atoms with Gasteiger partial charge in [-0.2, -0.15) is 5.26 Å². The molecule has 1 N–H and O–H groups in total. The fourth-order valence-electron chi connectivity index (χ4n) is 4.87. The number of thioether (sulfide) groups is 1. The minimum Gasteiger partial charge on any atom is -0.316 e. The van der Waals surface area contributed by atoms with E-state index in [1.54, 1.807) is 22.0 Å². The maximum Gasteiger partial charge on any atom is 0.263 e. The molecule has 6 nitrogen and oxygen atoms in total. The molecule has 0 spiro atoms. The highest BCUT2D eigenvalue weighted by atomic mass is 32.2. The Morgan fingerprint density at radius 1 is 1.29 bits per heavy atom. The van der Waals surface area contributed by atoms with Gasteiger partial charge in [-0.1, -0.05) is 24.8 Å². The van der Waals surface area contributed by atoms with E-state index in [-0.39, 0.29) is 17.2 Å². The highest BCUT2D eigenvalue weighted by molar-refractivity contribution is 7.99. The number of thiophene rings is 2. The maximum atomic E-state index is 13.4. The van der Waals surface area contributed by atoms with Gasteiger partial charge in [-0.3, -0.25) is 14.2 Å². The first-order valence-electron chi connectivity index (χ1n) is 11.6. The van der Waals surface area contributed by atoms with Gasteiger partial charge in [-0.15, -0.1) is 29.3 Å². The Bertz CT molecular complexity index is 1390. The number of carbonyl (C=O) groups is 1. The highest BCUT2D eigenvalue weighted by Gasteiger charge is 2.25. The lowest BCUT2D eigenvalue weighted by molar-refractivity contribution is -0.113. The van der Waals surface area contributed by atoms with Gasteiger partial charge >= 0.3 is 0 Å². The summed E-state index contributed by atoms with van der Waals surface area (Å²) in [5, 5.41) is 14.6. The molecule has 176 valence electrons. The number of anilines is 1. The topological polar surface area (TPSA) is 87.8 Å². The number of hydrogen-bond donors (Lipinski definition) is 1. The lowest BCUT2D eigenvalue weighted by Gasteiger charge is -2.17. The van der Waals surface area contributed by atoms with E-state index in [0.717, 1.165) is 66.3 Å². The zero-order valence-electron chi connectivity index (χ0n) is 19.1. The van der Waals surface area contributed by atoms with E-state index in [1.165, 1.54) is 32.9 Å². The summed E-state index contributed by atoms with van der Waals surface area (Å²) in [4.78, 5) is 34.3. The summed E-state index contributed by atoms with van der Waals surface area (Å²) >= 11 is 4.40. The first kappa shape index (κ1) is 23.3. The molecule has 3 aromatic rings. The standard InChI is InChI=1S/C25H26N4O2S3/c1-3-10-29-24(31)21-16-6-4-5-7-18(16)33-23(21)28-25(29)32-13-20(30)27-22-17(12-26)15-9-8-14(2)11-19(15)34-22/h3,14H,1,4-11,13H2,2H3,(H,27,30)/t14-/m1/s1. The second kappa shape index (κ2) is 9.68. The molecule has 0 radical (unpaired) electrons. The van der Waals surface area contributed by atoms with Crippen LogP contribution in [0.2, 0.25) is 0 Å². The van der Waals surface area contributed by atoms with E-state index in [2.05, 4.69) is 24.9 Å². The Balaban J connectivity index is 1.38.